The molecule has 2 aromatic rings. The average molecular weight is 265 g/mol. The van der Waals surface area contributed by atoms with Crippen LogP contribution in [0.2, 0.25) is 0 Å². The summed E-state index contributed by atoms with van der Waals surface area (Å²) in [6.07, 6.45) is 0. The molecule has 1 aromatic carbocycles. The normalized spacial score (nSPS) is 10.3. The van der Waals surface area contributed by atoms with Gasteiger partial charge in [0.15, 0.2) is 5.82 Å². The summed E-state index contributed by atoms with van der Waals surface area (Å²) in [7, 11) is 1.26. The van der Waals surface area contributed by atoms with Crippen LogP contribution in [0, 0.1) is 12.7 Å². The van der Waals surface area contributed by atoms with Crippen LogP contribution < -0.4 is 5.32 Å². The molecule has 0 fully saturated rings. The Bertz CT molecular complexity index is 598. The number of methoxy groups -OCH3 is 1. The van der Waals surface area contributed by atoms with E-state index in [2.05, 4.69) is 20.2 Å². The van der Waals surface area contributed by atoms with E-state index in [0.29, 0.717) is 11.7 Å². The zero-order valence-corrected chi connectivity index (χ0v) is 10.4. The quantitative estimate of drug-likeness (QED) is 0.851. The van der Waals surface area contributed by atoms with E-state index in [1.165, 1.54) is 25.3 Å². The number of esters is 1. The number of ether oxygens (including phenoxy) is 1. The average Bonchev–Trinajstić information content (AvgIpc) is 2.82. The van der Waals surface area contributed by atoms with Crippen LogP contribution in [0.25, 0.3) is 0 Å². The van der Waals surface area contributed by atoms with Crippen molar-refractivity contribution >= 4 is 11.7 Å². The number of aromatic nitrogens is 2. The summed E-state index contributed by atoms with van der Waals surface area (Å²) in [5.74, 6) is -0.179. The van der Waals surface area contributed by atoms with Crippen molar-refractivity contribution in [3.05, 3.63) is 41.3 Å². The Morgan fingerprint density at radius 2 is 2.32 bits per heavy atom. The summed E-state index contributed by atoms with van der Waals surface area (Å²) in [5, 5.41) is 6.40. The van der Waals surface area contributed by atoms with E-state index in [4.69, 9.17) is 4.52 Å². The minimum Gasteiger partial charge on any atom is -0.465 e. The van der Waals surface area contributed by atoms with Crippen molar-refractivity contribution in [2.45, 2.75) is 13.5 Å². The number of benzene rings is 1. The molecule has 0 bridgehead atoms. The molecule has 0 radical (unpaired) electrons. The molecule has 0 saturated heterocycles. The number of carbonyl (C=O) groups is 1. The van der Waals surface area contributed by atoms with Gasteiger partial charge >= 0.3 is 5.97 Å². The number of aryl methyl sites for hydroxylation is 1. The molecular weight excluding hydrogens is 253 g/mol. The lowest BCUT2D eigenvalue weighted by Crippen LogP contribution is -2.06. The van der Waals surface area contributed by atoms with Gasteiger partial charge in [-0.15, -0.1) is 0 Å². The number of hydrogen-bond donors (Lipinski definition) is 1. The Morgan fingerprint density at radius 3 is 2.95 bits per heavy atom. The fraction of sp³-hybridized carbons (Fsp3) is 0.250. The van der Waals surface area contributed by atoms with Gasteiger partial charge < -0.3 is 14.6 Å². The predicted molar refractivity (Wildman–Crippen MR) is 64.1 cm³/mol. The first kappa shape index (κ1) is 13.0. The minimum absolute atomic E-state index is 0.166. The molecule has 0 amide bonds. The van der Waals surface area contributed by atoms with Crippen LogP contribution in [-0.4, -0.2) is 23.2 Å². The molecule has 0 saturated carbocycles. The van der Waals surface area contributed by atoms with Gasteiger partial charge in [0.2, 0.25) is 5.89 Å². The predicted octanol–water partition coefficient (Wildman–Crippen LogP) is 1.92. The number of anilines is 1. The third-order valence-electron chi connectivity index (χ3n) is 2.39. The number of nitrogens with zero attached hydrogens (tertiary/aromatic N) is 2. The Hall–Kier alpha value is -2.44. The number of halogens is 1. The number of hydrogen-bond acceptors (Lipinski definition) is 6. The maximum absolute atomic E-state index is 13.6. The Kier molecular flexibility index (Phi) is 3.74. The van der Waals surface area contributed by atoms with Crippen molar-refractivity contribution < 1.29 is 18.4 Å². The molecule has 0 atom stereocenters. The van der Waals surface area contributed by atoms with Gasteiger partial charge in [-0.25, -0.2) is 9.18 Å². The van der Waals surface area contributed by atoms with E-state index in [1.807, 2.05) is 0 Å². The van der Waals surface area contributed by atoms with Gasteiger partial charge in [0, 0.05) is 0 Å². The molecular formula is C12H12FN3O3. The van der Waals surface area contributed by atoms with E-state index in [1.54, 1.807) is 6.92 Å². The topological polar surface area (TPSA) is 77.2 Å². The lowest BCUT2D eigenvalue weighted by Gasteiger charge is -2.07. The monoisotopic (exact) mass is 265 g/mol. The maximum atomic E-state index is 13.6. The van der Waals surface area contributed by atoms with Crippen LogP contribution in [0.3, 0.4) is 0 Å². The molecule has 1 N–H and O–H groups in total. The van der Waals surface area contributed by atoms with Crippen molar-refractivity contribution in [3.63, 3.8) is 0 Å². The highest BCUT2D eigenvalue weighted by molar-refractivity contribution is 5.90. The standard InChI is InChI=1S/C12H12FN3O3/c1-7-15-11(19-16-7)6-14-10-5-8(12(17)18-2)3-4-9(10)13/h3-5,14H,6H2,1-2H3. The van der Waals surface area contributed by atoms with Crippen molar-refractivity contribution in [1.29, 1.82) is 0 Å². The first-order chi connectivity index (χ1) is 9.10. The number of rotatable bonds is 4. The van der Waals surface area contributed by atoms with Crippen LogP contribution in [-0.2, 0) is 11.3 Å². The van der Waals surface area contributed by atoms with Gasteiger partial charge in [-0.1, -0.05) is 5.16 Å². The van der Waals surface area contributed by atoms with Crippen molar-refractivity contribution in [2.24, 2.45) is 0 Å². The maximum Gasteiger partial charge on any atom is 0.337 e. The van der Waals surface area contributed by atoms with Crippen LogP contribution in [0.15, 0.2) is 22.7 Å². The van der Waals surface area contributed by atoms with Crippen LogP contribution >= 0.6 is 0 Å². The summed E-state index contributed by atoms with van der Waals surface area (Å²) >= 11 is 0. The molecule has 1 aromatic heterocycles. The first-order valence-corrected chi connectivity index (χ1v) is 5.51. The van der Waals surface area contributed by atoms with Gasteiger partial charge in [-0.05, 0) is 25.1 Å². The molecule has 0 aliphatic rings. The van der Waals surface area contributed by atoms with Gasteiger partial charge in [0.25, 0.3) is 0 Å². The van der Waals surface area contributed by atoms with Crippen LogP contribution in [0.1, 0.15) is 22.1 Å². The molecule has 0 spiro atoms. The minimum atomic E-state index is -0.531. The van der Waals surface area contributed by atoms with Gasteiger partial charge in [0.05, 0.1) is 24.9 Å². The highest BCUT2D eigenvalue weighted by Crippen LogP contribution is 2.17. The smallest absolute Gasteiger partial charge is 0.337 e. The van der Waals surface area contributed by atoms with Gasteiger partial charge in [-0.2, -0.15) is 4.98 Å². The third kappa shape index (κ3) is 3.06. The third-order valence-corrected chi connectivity index (χ3v) is 2.39. The van der Waals surface area contributed by atoms with Gasteiger partial charge in [-0.3, -0.25) is 0 Å². The van der Waals surface area contributed by atoms with Crippen LogP contribution in [0.5, 0.6) is 0 Å². The SMILES string of the molecule is COC(=O)c1ccc(F)c(NCc2nc(C)no2)c1. The summed E-state index contributed by atoms with van der Waals surface area (Å²) in [4.78, 5) is 15.3. The Morgan fingerprint density at radius 1 is 1.53 bits per heavy atom. The second-order valence-corrected chi connectivity index (χ2v) is 3.78. The number of carbonyl (C=O) groups excluding carboxylic acids is 1. The van der Waals surface area contributed by atoms with Crippen molar-refractivity contribution in [2.75, 3.05) is 12.4 Å². The summed E-state index contributed by atoms with van der Waals surface area (Å²) in [6.45, 7) is 1.86. The van der Waals surface area contributed by atoms with Crippen LogP contribution in [0.4, 0.5) is 10.1 Å². The fourth-order valence-electron chi connectivity index (χ4n) is 1.49. The largest absolute Gasteiger partial charge is 0.465 e. The summed E-state index contributed by atoms with van der Waals surface area (Å²) in [6, 6.07) is 3.90. The molecule has 7 heteroatoms. The van der Waals surface area contributed by atoms with E-state index in [-0.39, 0.29) is 17.8 Å². The van der Waals surface area contributed by atoms with Crippen molar-refractivity contribution in [1.82, 2.24) is 10.1 Å². The molecule has 100 valence electrons. The van der Waals surface area contributed by atoms with E-state index in [0.717, 1.165) is 0 Å². The second-order valence-electron chi connectivity index (χ2n) is 3.78. The summed E-state index contributed by atoms with van der Waals surface area (Å²) < 4.78 is 23.0. The molecule has 0 aliphatic carbocycles. The van der Waals surface area contributed by atoms with Crippen molar-refractivity contribution in [3.8, 4) is 0 Å². The Labute approximate surface area is 108 Å². The van der Waals surface area contributed by atoms with E-state index < -0.39 is 11.8 Å². The van der Waals surface area contributed by atoms with E-state index in [9.17, 15) is 9.18 Å². The lowest BCUT2D eigenvalue weighted by atomic mass is 10.2. The molecule has 6 nitrogen and oxygen atoms in total. The molecule has 19 heavy (non-hydrogen) atoms. The zero-order valence-electron chi connectivity index (χ0n) is 10.4. The molecule has 0 aliphatic heterocycles. The molecule has 1 heterocycles. The summed E-state index contributed by atoms with van der Waals surface area (Å²) in [5.41, 5.74) is 0.423. The zero-order chi connectivity index (χ0) is 13.8. The molecule has 2 rings (SSSR count). The Balaban J connectivity index is 2.12. The highest BCUT2D eigenvalue weighted by atomic mass is 19.1. The van der Waals surface area contributed by atoms with E-state index >= 15 is 0 Å². The first-order valence-electron chi connectivity index (χ1n) is 5.51. The second kappa shape index (κ2) is 5.47. The lowest BCUT2D eigenvalue weighted by molar-refractivity contribution is 0.0600. The number of nitrogens with one attached hydrogen (secondary N) is 1. The highest BCUT2D eigenvalue weighted by Gasteiger charge is 2.10. The molecule has 0 unspecified atom stereocenters. The van der Waals surface area contributed by atoms with Gasteiger partial charge in [0.1, 0.15) is 5.82 Å². The fourth-order valence-corrected chi connectivity index (χ4v) is 1.49.